The van der Waals surface area contributed by atoms with Crippen molar-refractivity contribution in [3.63, 3.8) is 0 Å². The highest BCUT2D eigenvalue weighted by atomic mass is 16.1. The average molecular weight is 310 g/mol. The summed E-state index contributed by atoms with van der Waals surface area (Å²) in [6.07, 6.45) is 0.352. The number of amides is 1. The lowest BCUT2D eigenvalue weighted by Crippen LogP contribution is -2.33. The predicted octanol–water partition coefficient (Wildman–Crippen LogP) is 2.36. The van der Waals surface area contributed by atoms with Crippen LogP contribution < -0.4 is 11.5 Å². The van der Waals surface area contributed by atoms with Crippen LogP contribution in [0.3, 0.4) is 0 Å². The molecule has 2 rings (SSSR count). The third-order valence-electron chi connectivity index (χ3n) is 3.69. The SMILES string of the molecule is C=NN(/C(N)=C(\Cc1ccc2ccccc2c1)C(N)=O)C(C)C. The molecular formula is C18H22N4O. The lowest BCUT2D eigenvalue weighted by atomic mass is 10.0. The quantitative estimate of drug-likeness (QED) is 0.488. The van der Waals surface area contributed by atoms with Crippen molar-refractivity contribution in [2.45, 2.75) is 26.3 Å². The molecule has 0 spiro atoms. The Bertz CT molecular complexity index is 764. The minimum absolute atomic E-state index is 0.0153. The molecule has 1 amide bonds. The Morgan fingerprint density at radius 1 is 1.17 bits per heavy atom. The number of fused-ring (bicyclic) bond motifs is 1. The molecule has 2 aromatic carbocycles. The number of carbonyl (C=O) groups is 1. The first-order valence-corrected chi connectivity index (χ1v) is 7.46. The van der Waals surface area contributed by atoms with Crippen LogP contribution in [0.4, 0.5) is 0 Å². The van der Waals surface area contributed by atoms with Gasteiger partial charge in [-0.3, -0.25) is 4.79 Å². The van der Waals surface area contributed by atoms with Crippen molar-refractivity contribution in [1.29, 1.82) is 0 Å². The summed E-state index contributed by atoms with van der Waals surface area (Å²) in [5.41, 5.74) is 12.9. The molecule has 0 bridgehead atoms. The van der Waals surface area contributed by atoms with E-state index in [0.717, 1.165) is 16.3 Å². The van der Waals surface area contributed by atoms with E-state index >= 15 is 0 Å². The van der Waals surface area contributed by atoms with Gasteiger partial charge < -0.3 is 11.5 Å². The zero-order valence-electron chi connectivity index (χ0n) is 13.5. The maximum Gasteiger partial charge on any atom is 0.248 e. The summed E-state index contributed by atoms with van der Waals surface area (Å²) in [4.78, 5) is 11.8. The highest BCUT2D eigenvalue weighted by Gasteiger charge is 2.18. The molecule has 0 atom stereocenters. The van der Waals surface area contributed by atoms with Crippen molar-refractivity contribution in [1.82, 2.24) is 5.01 Å². The standard InChI is InChI=1S/C18H22N4O/c1-12(2)22(21-3)17(19)16(18(20)23)11-13-8-9-14-6-4-5-7-15(14)10-13/h4-10,12H,3,11,19H2,1-2H3,(H2,20,23)/b17-16+. The summed E-state index contributed by atoms with van der Waals surface area (Å²) in [7, 11) is 0. The number of hydrogen-bond acceptors (Lipinski definition) is 4. The third-order valence-corrected chi connectivity index (χ3v) is 3.69. The molecule has 120 valence electrons. The predicted molar refractivity (Wildman–Crippen MR) is 94.6 cm³/mol. The van der Waals surface area contributed by atoms with E-state index in [0.29, 0.717) is 12.0 Å². The summed E-state index contributed by atoms with van der Waals surface area (Å²) >= 11 is 0. The van der Waals surface area contributed by atoms with Crippen molar-refractivity contribution >= 4 is 23.4 Å². The summed E-state index contributed by atoms with van der Waals surface area (Å²) in [5.74, 6) is -0.305. The Labute approximate surface area is 136 Å². The van der Waals surface area contributed by atoms with Gasteiger partial charge in [0.15, 0.2) is 0 Å². The van der Waals surface area contributed by atoms with Crippen molar-refractivity contribution in [2.24, 2.45) is 16.6 Å². The van der Waals surface area contributed by atoms with E-state index in [2.05, 4.69) is 11.8 Å². The van der Waals surface area contributed by atoms with Crippen LogP contribution in [0.2, 0.25) is 0 Å². The second kappa shape index (κ2) is 6.96. The van der Waals surface area contributed by atoms with Gasteiger partial charge in [0.1, 0.15) is 5.82 Å². The number of nitrogens with two attached hydrogens (primary N) is 2. The molecule has 2 aromatic rings. The summed E-state index contributed by atoms with van der Waals surface area (Å²) < 4.78 is 0. The Morgan fingerprint density at radius 2 is 1.83 bits per heavy atom. The van der Waals surface area contributed by atoms with Gasteiger partial charge in [-0.15, -0.1) is 0 Å². The summed E-state index contributed by atoms with van der Waals surface area (Å²) in [6, 6.07) is 14.1. The highest BCUT2D eigenvalue weighted by Crippen LogP contribution is 2.19. The molecule has 0 fully saturated rings. The van der Waals surface area contributed by atoms with Gasteiger partial charge in [0, 0.05) is 19.2 Å². The summed E-state index contributed by atoms with van der Waals surface area (Å²) in [5, 5.41) is 7.63. The Kier molecular flexibility index (Phi) is 5.01. The topological polar surface area (TPSA) is 84.7 Å². The molecule has 23 heavy (non-hydrogen) atoms. The van der Waals surface area contributed by atoms with Gasteiger partial charge in [0.05, 0.1) is 5.57 Å². The zero-order valence-corrected chi connectivity index (χ0v) is 13.5. The van der Waals surface area contributed by atoms with Gasteiger partial charge in [-0.25, -0.2) is 5.01 Å². The van der Waals surface area contributed by atoms with Crippen LogP contribution in [-0.4, -0.2) is 23.7 Å². The van der Waals surface area contributed by atoms with Gasteiger partial charge in [-0.2, -0.15) is 5.10 Å². The van der Waals surface area contributed by atoms with Gasteiger partial charge >= 0.3 is 0 Å². The fourth-order valence-corrected chi connectivity index (χ4v) is 2.51. The zero-order chi connectivity index (χ0) is 17.0. The van der Waals surface area contributed by atoms with Crippen LogP contribution in [0.25, 0.3) is 10.8 Å². The van der Waals surface area contributed by atoms with Crippen LogP contribution in [0.5, 0.6) is 0 Å². The molecule has 5 nitrogen and oxygen atoms in total. The largest absolute Gasteiger partial charge is 0.384 e. The molecule has 0 aliphatic heterocycles. The minimum atomic E-state index is -0.551. The summed E-state index contributed by atoms with van der Waals surface area (Å²) in [6.45, 7) is 7.33. The van der Waals surface area contributed by atoms with Crippen molar-refractivity contribution in [2.75, 3.05) is 0 Å². The lowest BCUT2D eigenvalue weighted by molar-refractivity contribution is -0.114. The number of carbonyl (C=O) groups excluding carboxylic acids is 1. The second-order valence-electron chi connectivity index (χ2n) is 5.67. The van der Waals surface area contributed by atoms with E-state index in [4.69, 9.17) is 11.5 Å². The molecule has 0 unspecified atom stereocenters. The number of nitrogens with zero attached hydrogens (tertiary/aromatic N) is 2. The molecule has 0 heterocycles. The van der Waals surface area contributed by atoms with Crippen LogP contribution in [0.15, 0.2) is 59.0 Å². The van der Waals surface area contributed by atoms with Crippen molar-refractivity contribution < 1.29 is 4.79 Å². The number of primary amides is 1. The second-order valence-corrected chi connectivity index (χ2v) is 5.67. The maximum atomic E-state index is 11.8. The normalized spacial score (nSPS) is 12.1. The molecule has 5 heteroatoms. The molecule has 0 radical (unpaired) electrons. The minimum Gasteiger partial charge on any atom is -0.384 e. The van der Waals surface area contributed by atoms with Crippen LogP contribution in [0, 0.1) is 0 Å². The van der Waals surface area contributed by atoms with Gasteiger partial charge in [-0.05, 0) is 30.2 Å². The van der Waals surface area contributed by atoms with E-state index in [1.165, 1.54) is 5.01 Å². The first kappa shape index (κ1) is 16.5. The third kappa shape index (κ3) is 3.69. The molecule has 0 aliphatic carbocycles. The molecule has 0 saturated heterocycles. The Hall–Kier alpha value is -2.82. The van der Waals surface area contributed by atoms with E-state index < -0.39 is 5.91 Å². The average Bonchev–Trinajstić information content (AvgIpc) is 2.52. The van der Waals surface area contributed by atoms with E-state index in [9.17, 15) is 4.79 Å². The molecule has 4 N–H and O–H groups in total. The van der Waals surface area contributed by atoms with Gasteiger partial charge in [0.25, 0.3) is 0 Å². The van der Waals surface area contributed by atoms with E-state index in [1.807, 2.05) is 56.3 Å². The molecular weight excluding hydrogens is 288 g/mol. The number of benzene rings is 2. The highest BCUT2D eigenvalue weighted by molar-refractivity contribution is 5.93. The number of hydrogen-bond donors (Lipinski definition) is 2. The van der Waals surface area contributed by atoms with Gasteiger partial charge in [0.2, 0.25) is 5.91 Å². The van der Waals surface area contributed by atoms with Gasteiger partial charge in [-0.1, -0.05) is 42.5 Å². The Morgan fingerprint density at radius 3 is 2.39 bits per heavy atom. The van der Waals surface area contributed by atoms with Crippen LogP contribution >= 0.6 is 0 Å². The van der Waals surface area contributed by atoms with Crippen LogP contribution in [0.1, 0.15) is 19.4 Å². The first-order chi connectivity index (χ1) is 10.9. The number of rotatable bonds is 6. The Balaban J connectivity index is 2.41. The van der Waals surface area contributed by atoms with E-state index in [1.54, 1.807) is 0 Å². The molecule has 0 aromatic heterocycles. The lowest BCUT2D eigenvalue weighted by Gasteiger charge is -2.24. The van der Waals surface area contributed by atoms with Crippen molar-refractivity contribution in [3.8, 4) is 0 Å². The molecule has 0 saturated carbocycles. The van der Waals surface area contributed by atoms with E-state index in [-0.39, 0.29) is 11.9 Å². The monoisotopic (exact) mass is 310 g/mol. The number of hydrazone groups is 1. The fourth-order valence-electron chi connectivity index (χ4n) is 2.51. The smallest absolute Gasteiger partial charge is 0.248 e. The van der Waals surface area contributed by atoms with Crippen molar-refractivity contribution in [3.05, 3.63) is 59.4 Å². The molecule has 0 aliphatic rings. The first-order valence-electron chi connectivity index (χ1n) is 7.46. The maximum absolute atomic E-state index is 11.8. The van der Waals surface area contributed by atoms with Crippen LogP contribution in [-0.2, 0) is 11.2 Å². The fraction of sp³-hybridized carbons (Fsp3) is 0.222.